The Bertz CT molecular complexity index is 412. The van der Waals surface area contributed by atoms with Crippen molar-refractivity contribution in [2.75, 3.05) is 0 Å². The molecule has 0 radical (unpaired) electrons. The second-order valence-electron chi connectivity index (χ2n) is 4.22. The van der Waals surface area contributed by atoms with Crippen LogP contribution in [0.4, 0.5) is 0 Å². The molecule has 0 bridgehead atoms. The van der Waals surface area contributed by atoms with Crippen LogP contribution in [0.25, 0.3) is 0 Å². The molecule has 1 heterocycles. The number of carboxylic acids is 1. The van der Waals surface area contributed by atoms with Gasteiger partial charge in [-0.1, -0.05) is 0 Å². The molecule has 1 spiro atoms. The van der Waals surface area contributed by atoms with Gasteiger partial charge in [-0.05, 0) is 30.7 Å². The summed E-state index contributed by atoms with van der Waals surface area (Å²) in [5.41, 5.74) is 0.592. The third-order valence-electron chi connectivity index (χ3n) is 3.29. The minimum absolute atomic E-state index is 0.109. The van der Waals surface area contributed by atoms with Crippen LogP contribution in [0.5, 0.6) is 0 Å². The van der Waals surface area contributed by atoms with Crippen LogP contribution in [-0.4, -0.2) is 21.0 Å². The Morgan fingerprint density at radius 1 is 1.57 bits per heavy atom. The van der Waals surface area contributed by atoms with E-state index in [0.717, 1.165) is 12.2 Å². The first-order valence-electron chi connectivity index (χ1n) is 4.78. The molecular weight excluding hydrogens is 180 g/mol. The maximum atomic E-state index is 10.7. The average molecular weight is 190 g/mol. The van der Waals surface area contributed by atoms with E-state index in [4.69, 9.17) is 5.11 Å². The molecule has 2 aliphatic rings. The van der Waals surface area contributed by atoms with Crippen LogP contribution in [0.2, 0.25) is 0 Å². The van der Waals surface area contributed by atoms with E-state index in [-0.39, 0.29) is 5.69 Å². The lowest BCUT2D eigenvalue weighted by Gasteiger charge is -1.98. The Hall–Kier alpha value is -1.45. The summed E-state index contributed by atoms with van der Waals surface area (Å²) < 4.78 is 0. The van der Waals surface area contributed by atoms with E-state index in [1.165, 1.54) is 18.9 Å². The predicted octanol–water partition coefficient (Wildman–Crippen LogP) is 1.44. The van der Waals surface area contributed by atoms with Crippen LogP contribution in [0.15, 0.2) is 12.3 Å². The fraction of sp³-hybridized carbons (Fsp3) is 0.500. The molecule has 0 saturated heterocycles. The molecule has 1 aromatic rings. The van der Waals surface area contributed by atoms with Crippen molar-refractivity contribution in [1.29, 1.82) is 0 Å². The normalized spacial score (nSPS) is 26.1. The summed E-state index contributed by atoms with van der Waals surface area (Å²) in [6, 6.07) is 1.44. The maximum absolute atomic E-state index is 10.7. The summed E-state index contributed by atoms with van der Waals surface area (Å²) in [5.74, 6) is 0.184. The first-order valence-corrected chi connectivity index (χ1v) is 4.78. The highest BCUT2D eigenvalue weighted by Gasteiger charge is 2.64. The average Bonchev–Trinajstić information content (AvgIpc) is 3.08. The maximum Gasteiger partial charge on any atom is 0.354 e. The number of aromatic nitrogens is 2. The van der Waals surface area contributed by atoms with Crippen LogP contribution >= 0.6 is 0 Å². The molecule has 0 aliphatic heterocycles. The lowest BCUT2D eigenvalue weighted by Crippen LogP contribution is -2.04. The first kappa shape index (κ1) is 7.91. The van der Waals surface area contributed by atoms with Gasteiger partial charge in [-0.3, -0.25) is 0 Å². The van der Waals surface area contributed by atoms with Gasteiger partial charge >= 0.3 is 5.97 Å². The quantitative estimate of drug-likeness (QED) is 0.766. The summed E-state index contributed by atoms with van der Waals surface area (Å²) in [5, 5.41) is 8.77. The molecule has 1 aromatic heterocycles. The zero-order chi connectivity index (χ0) is 9.76. The minimum Gasteiger partial charge on any atom is -0.477 e. The van der Waals surface area contributed by atoms with Crippen molar-refractivity contribution in [1.82, 2.24) is 9.97 Å². The van der Waals surface area contributed by atoms with Gasteiger partial charge < -0.3 is 5.11 Å². The Labute approximate surface area is 81.0 Å². The number of hydrogen-bond acceptors (Lipinski definition) is 3. The van der Waals surface area contributed by atoms with Gasteiger partial charge in [0.1, 0.15) is 5.82 Å². The lowest BCUT2D eigenvalue weighted by atomic mass is 10.2. The largest absolute Gasteiger partial charge is 0.477 e. The number of aromatic carboxylic acids is 1. The molecule has 4 nitrogen and oxygen atoms in total. The number of nitrogens with zero attached hydrogens (tertiary/aromatic N) is 2. The van der Waals surface area contributed by atoms with Gasteiger partial charge in [0, 0.05) is 12.1 Å². The molecule has 2 saturated carbocycles. The van der Waals surface area contributed by atoms with E-state index in [1.807, 2.05) is 0 Å². The molecule has 14 heavy (non-hydrogen) atoms. The predicted molar refractivity (Wildman–Crippen MR) is 48.0 cm³/mol. The van der Waals surface area contributed by atoms with Gasteiger partial charge in [0.05, 0.1) is 0 Å². The standard InChI is InChI=1S/C10H10N2O2/c13-9(14)7-1-4-11-8(12-7)6-5-10(6)2-3-10/h1,4,6H,2-3,5H2,(H,13,14). The van der Waals surface area contributed by atoms with E-state index < -0.39 is 5.97 Å². The van der Waals surface area contributed by atoms with Gasteiger partial charge in [-0.15, -0.1) is 0 Å². The summed E-state index contributed by atoms with van der Waals surface area (Å²) in [7, 11) is 0. The molecular formula is C10H10N2O2. The summed E-state index contributed by atoms with van der Waals surface area (Å²) in [6.45, 7) is 0. The van der Waals surface area contributed by atoms with E-state index in [0.29, 0.717) is 11.3 Å². The van der Waals surface area contributed by atoms with E-state index >= 15 is 0 Å². The van der Waals surface area contributed by atoms with Gasteiger partial charge in [0.25, 0.3) is 0 Å². The number of hydrogen-bond donors (Lipinski definition) is 1. The van der Waals surface area contributed by atoms with Crippen LogP contribution in [-0.2, 0) is 0 Å². The van der Waals surface area contributed by atoms with Crippen molar-refractivity contribution < 1.29 is 9.90 Å². The third-order valence-corrected chi connectivity index (χ3v) is 3.29. The monoisotopic (exact) mass is 190 g/mol. The van der Waals surface area contributed by atoms with Crippen molar-refractivity contribution in [2.24, 2.45) is 5.41 Å². The SMILES string of the molecule is O=C(O)c1ccnc(C2CC23CC3)n1. The summed E-state index contributed by atoms with van der Waals surface area (Å²) in [6.07, 6.45) is 5.22. The Morgan fingerprint density at radius 2 is 2.36 bits per heavy atom. The molecule has 3 rings (SSSR count). The van der Waals surface area contributed by atoms with E-state index in [2.05, 4.69) is 9.97 Å². The number of rotatable bonds is 2. The molecule has 2 fully saturated rings. The number of carbonyl (C=O) groups is 1. The molecule has 72 valence electrons. The van der Waals surface area contributed by atoms with E-state index in [9.17, 15) is 4.79 Å². The second kappa shape index (κ2) is 2.32. The summed E-state index contributed by atoms with van der Waals surface area (Å²) >= 11 is 0. The second-order valence-corrected chi connectivity index (χ2v) is 4.22. The molecule has 0 aromatic carbocycles. The molecule has 1 atom stereocenters. The molecule has 0 amide bonds. The smallest absolute Gasteiger partial charge is 0.354 e. The fourth-order valence-corrected chi connectivity index (χ4v) is 2.09. The van der Waals surface area contributed by atoms with Crippen LogP contribution in [0.3, 0.4) is 0 Å². The summed E-state index contributed by atoms with van der Waals surface area (Å²) in [4.78, 5) is 18.9. The van der Waals surface area contributed by atoms with Crippen molar-refractivity contribution in [3.63, 3.8) is 0 Å². The minimum atomic E-state index is -0.973. The zero-order valence-corrected chi connectivity index (χ0v) is 7.60. The highest BCUT2D eigenvalue weighted by molar-refractivity contribution is 5.85. The van der Waals surface area contributed by atoms with Gasteiger partial charge in [0.15, 0.2) is 5.69 Å². The number of carboxylic acid groups (broad SMARTS) is 1. The highest BCUT2D eigenvalue weighted by Crippen LogP contribution is 2.74. The molecule has 1 N–H and O–H groups in total. The Kier molecular flexibility index (Phi) is 1.31. The molecule has 4 heteroatoms. The third kappa shape index (κ3) is 1.03. The molecule has 1 unspecified atom stereocenters. The first-order chi connectivity index (χ1) is 6.71. The van der Waals surface area contributed by atoms with Crippen LogP contribution in [0.1, 0.15) is 41.5 Å². The van der Waals surface area contributed by atoms with Crippen molar-refractivity contribution in [3.05, 3.63) is 23.8 Å². The van der Waals surface area contributed by atoms with Crippen molar-refractivity contribution in [2.45, 2.75) is 25.2 Å². The van der Waals surface area contributed by atoms with Crippen molar-refractivity contribution >= 4 is 5.97 Å². The van der Waals surface area contributed by atoms with Crippen LogP contribution in [0, 0.1) is 5.41 Å². The highest BCUT2D eigenvalue weighted by atomic mass is 16.4. The van der Waals surface area contributed by atoms with Gasteiger partial charge in [0.2, 0.25) is 0 Å². The molecule has 2 aliphatic carbocycles. The Balaban J connectivity index is 1.91. The zero-order valence-electron chi connectivity index (χ0n) is 7.60. The lowest BCUT2D eigenvalue weighted by molar-refractivity contribution is 0.0690. The Morgan fingerprint density at radius 3 is 2.93 bits per heavy atom. The van der Waals surface area contributed by atoms with E-state index in [1.54, 1.807) is 6.20 Å². The van der Waals surface area contributed by atoms with Crippen LogP contribution < -0.4 is 0 Å². The van der Waals surface area contributed by atoms with Crippen molar-refractivity contribution in [3.8, 4) is 0 Å². The van der Waals surface area contributed by atoms with Gasteiger partial charge in [-0.2, -0.15) is 0 Å². The van der Waals surface area contributed by atoms with Gasteiger partial charge in [-0.25, -0.2) is 14.8 Å². The topological polar surface area (TPSA) is 63.1 Å². The fourth-order valence-electron chi connectivity index (χ4n) is 2.09.